The molecule has 4 nitrogen and oxygen atoms in total. The fraction of sp³-hybridized carbons (Fsp3) is 0.176. The van der Waals surface area contributed by atoms with Crippen molar-refractivity contribution in [3.05, 3.63) is 47.5 Å². The number of aromatic nitrogens is 1. The topological polar surface area (TPSA) is 54.5 Å². The van der Waals surface area contributed by atoms with Crippen LogP contribution in [0.1, 0.15) is 17.2 Å². The molecule has 0 radical (unpaired) electrons. The highest BCUT2D eigenvalue weighted by molar-refractivity contribution is 5.95. The maximum atomic E-state index is 10.7. The van der Waals surface area contributed by atoms with Crippen LogP contribution in [0.4, 0.5) is 0 Å². The molecule has 0 amide bonds. The van der Waals surface area contributed by atoms with Crippen LogP contribution in [-0.2, 0) is 0 Å². The Morgan fingerprint density at radius 1 is 1.05 bits per heavy atom. The van der Waals surface area contributed by atoms with E-state index in [2.05, 4.69) is 4.98 Å². The Bertz CT molecular complexity index is 851. The molecule has 1 unspecified atom stereocenters. The summed E-state index contributed by atoms with van der Waals surface area (Å²) in [5.41, 5.74) is 4.73. The second kappa shape index (κ2) is 4.27. The van der Waals surface area contributed by atoms with E-state index in [1.165, 1.54) is 0 Å². The van der Waals surface area contributed by atoms with Crippen LogP contribution in [0.2, 0.25) is 0 Å². The molecule has 0 saturated carbocycles. The highest BCUT2D eigenvalue weighted by Gasteiger charge is 2.32. The number of aliphatic hydroxyl groups excluding tert-OH is 1. The Morgan fingerprint density at radius 2 is 1.76 bits per heavy atom. The van der Waals surface area contributed by atoms with Crippen LogP contribution < -0.4 is 9.47 Å². The third-order valence-corrected chi connectivity index (χ3v) is 4.14. The predicted octanol–water partition coefficient (Wildman–Crippen LogP) is 3.25. The van der Waals surface area contributed by atoms with Gasteiger partial charge in [0.1, 0.15) is 6.10 Å². The van der Waals surface area contributed by atoms with E-state index >= 15 is 0 Å². The number of H-pyrrole nitrogens is 1. The van der Waals surface area contributed by atoms with E-state index < -0.39 is 6.10 Å². The lowest BCUT2D eigenvalue weighted by molar-refractivity contribution is 0.226. The normalized spacial score (nSPS) is 15.9. The lowest BCUT2D eigenvalue weighted by atomic mass is 10.0. The van der Waals surface area contributed by atoms with Gasteiger partial charge in [-0.3, -0.25) is 0 Å². The SMILES string of the molecule is COc1cc2c(cc1OC)C(O)c1c-2[nH]c2ccccc12. The van der Waals surface area contributed by atoms with Crippen molar-refractivity contribution in [3.8, 4) is 22.8 Å². The first kappa shape index (κ1) is 12.3. The summed E-state index contributed by atoms with van der Waals surface area (Å²) in [4.78, 5) is 3.40. The van der Waals surface area contributed by atoms with Gasteiger partial charge in [-0.25, -0.2) is 0 Å². The number of methoxy groups -OCH3 is 2. The molecule has 106 valence electrons. The first-order valence-corrected chi connectivity index (χ1v) is 6.79. The third kappa shape index (κ3) is 1.53. The number of rotatable bonds is 2. The minimum Gasteiger partial charge on any atom is -0.493 e. The van der Waals surface area contributed by atoms with Gasteiger partial charge in [-0.15, -0.1) is 0 Å². The molecule has 0 aliphatic heterocycles. The molecule has 0 bridgehead atoms. The van der Waals surface area contributed by atoms with Gasteiger partial charge in [0.05, 0.1) is 19.9 Å². The Kier molecular flexibility index (Phi) is 2.50. The van der Waals surface area contributed by atoms with E-state index in [-0.39, 0.29) is 0 Å². The molecule has 1 heterocycles. The molecular formula is C17H15NO3. The number of nitrogens with one attached hydrogen (secondary N) is 1. The van der Waals surface area contributed by atoms with Crippen molar-refractivity contribution in [3.63, 3.8) is 0 Å². The van der Waals surface area contributed by atoms with Crippen molar-refractivity contribution in [1.29, 1.82) is 0 Å². The minimum atomic E-state index is -0.647. The molecule has 1 aromatic heterocycles. The summed E-state index contributed by atoms with van der Waals surface area (Å²) in [6.45, 7) is 0. The summed E-state index contributed by atoms with van der Waals surface area (Å²) < 4.78 is 10.7. The zero-order valence-corrected chi connectivity index (χ0v) is 11.8. The molecule has 1 aliphatic carbocycles. The molecule has 1 atom stereocenters. The molecule has 0 fully saturated rings. The highest BCUT2D eigenvalue weighted by atomic mass is 16.5. The number of ether oxygens (including phenoxy) is 2. The smallest absolute Gasteiger partial charge is 0.161 e. The largest absolute Gasteiger partial charge is 0.493 e. The number of fused-ring (bicyclic) bond motifs is 5. The first-order chi connectivity index (χ1) is 10.2. The minimum absolute atomic E-state index is 0.629. The van der Waals surface area contributed by atoms with Gasteiger partial charge in [-0.05, 0) is 23.8 Å². The molecule has 4 rings (SSSR count). The van der Waals surface area contributed by atoms with Gasteiger partial charge in [-0.1, -0.05) is 18.2 Å². The summed E-state index contributed by atoms with van der Waals surface area (Å²) in [6, 6.07) is 11.8. The van der Waals surface area contributed by atoms with E-state index in [0.717, 1.165) is 33.3 Å². The second-order valence-corrected chi connectivity index (χ2v) is 5.16. The van der Waals surface area contributed by atoms with Gasteiger partial charge in [0, 0.05) is 22.0 Å². The number of aliphatic hydroxyl groups is 1. The van der Waals surface area contributed by atoms with Gasteiger partial charge < -0.3 is 19.6 Å². The number of hydrogen-bond acceptors (Lipinski definition) is 3. The van der Waals surface area contributed by atoms with E-state index in [0.29, 0.717) is 11.5 Å². The van der Waals surface area contributed by atoms with Crippen molar-refractivity contribution in [2.45, 2.75) is 6.10 Å². The molecule has 1 aliphatic rings. The average molecular weight is 281 g/mol. The summed E-state index contributed by atoms with van der Waals surface area (Å²) >= 11 is 0. The molecule has 21 heavy (non-hydrogen) atoms. The summed E-state index contributed by atoms with van der Waals surface area (Å²) in [5.74, 6) is 1.29. The molecule has 2 N–H and O–H groups in total. The Morgan fingerprint density at radius 3 is 2.52 bits per heavy atom. The van der Waals surface area contributed by atoms with Crippen LogP contribution in [0.15, 0.2) is 36.4 Å². The average Bonchev–Trinajstić information content (AvgIpc) is 3.02. The first-order valence-electron chi connectivity index (χ1n) is 6.79. The van der Waals surface area contributed by atoms with Crippen molar-refractivity contribution in [2.24, 2.45) is 0 Å². The van der Waals surface area contributed by atoms with Crippen LogP contribution in [0.5, 0.6) is 11.5 Å². The van der Waals surface area contributed by atoms with E-state index in [1.807, 2.05) is 36.4 Å². The van der Waals surface area contributed by atoms with E-state index in [1.54, 1.807) is 14.2 Å². The zero-order valence-electron chi connectivity index (χ0n) is 11.8. The second-order valence-electron chi connectivity index (χ2n) is 5.16. The lowest BCUT2D eigenvalue weighted by Crippen LogP contribution is -1.97. The fourth-order valence-corrected chi connectivity index (χ4v) is 3.15. The Hall–Kier alpha value is -2.46. The predicted molar refractivity (Wildman–Crippen MR) is 80.9 cm³/mol. The molecule has 0 saturated heterocycles. The van der Waals surface area contributed by atoms with Gasteiger partial charge in [0.25, 0.3) is 0 Å². The summed E-state index contributed by atoms with van der Waals surface area (Å²) in [5, 5.41) is 11.7. The van der Waals surface area contributed by atoms with Crippen LogP contribution >= 0.6 is 0 Å². The van der Waals surface area contributed by atoms with Crippen LogP contribution in [0.25, 0.3) is 22.2 Å². The van der Waals surface area contributed by atoms with Gasteiger partial charge >= 0.3 is 0 Å². The molecular weight excluding hydrogens is 266 g/mol. The van der Waals surface area contributed by atoms with Crippen molar-refractivity contribution in [2.75, 3.05) is 14.2 Å². The van der Waals surface area contributed by atoms with E-state index in [9.17, 15) is 5.11 Å². The zero-order chi connectivity index (χ0) is 14.6. The number of hydrogen-bond donors (Lipinski definition) is 2. The summed E-state index contributed by atoms with van der Waals surface area (Å²) in [7, 11) is 3.21. The van der Waals surface area contributed by atoms with Crippen LogP contribution in [0.3, 0.4) is 0 Å². The number of benzene rings is 2. The maximum Gasteiger partial charge on any atom is 0.161 e. The van der Waals surface area contributed by atoms with Crippen LogP contribution in [0, 0.1) is 0 Å². The molecule has 0 spiro atoms. The van der Waals surface area contributed by atoms with Crippen molar-refractivity contribution in [1.82, 2.24) is 4.98 Å². The van der Waals surface area contributed by atoms with E-state index in [4.69, 9.17) is 9.47 Å². The third-order valence-electron chi connectivity index (χ3n) is 4.14. The summed E-state index contributed by atoms with van der Waals surface area (Å²) in [6.07, 6.45) is -0.647. The molecule has 2 aromatic carbocycles. The monoisotopic (exact) mass is 281 g/mol. The van der Waals surface area contributed by atoms with Gasteiger partial charge in [0.2, 0.25) is 0 Å². The Labute approximate surface area is 121 Å². The Balaban J connectivity index is 2.03. The standard InChI is InChI=1S/C17H15NO3/c1-20-13-7-10-11(8-14(13)21-2)17(19)15-9-5-3-4-6-12(9)18-16(10)15/h3-8,17-19H,1-2H3. The van der Waals surface area contributed by atoms with Gasteiger partial charge in [0.15, 0.2) is 11.5 Å². The number of para-hydroxylation sites is 1. The van der Waals surface area contributed by atoms with Crippen molar-refractivity contribution < 1.29 is 14.6 Å². The maximum absolute atomic E-state index is 10.7. The quantitative estimate of drug-likeness (QED) is 0.758. The fourth-order valence-electron chi connectivity index (χ4n) is 3.15. The van der Waals surface area contributed by atoms with Crippen LogP contribution in [-0.4, -0.2) is 24.3 Å². The number of aromatic amines is 1. The molecule has 3 aromatic rings. The lowest BCUT2D eigenvalue weighted by Gasteiger charge is -2.12. The van der Waals surface area contributed by atoms with Crippen molar-refractivity contribution >= 4 is 10.9 Å². The molecule has 4 heteroatoms. The van der Waals surface area contributed by atoms with Gasteiger partial charge in [-0.2, -0.15) is 0 Å². The highest BCUT2D eigenvalue weighted by Crippen LogP contribution is 2.49.